The first-order valence-corrected chi connectivity index (χ1v) is 6.73. The van der Waals surface area contributed by atoms with Gasteiger partial charge in [0.15, 0.2) is 0 Å². The van der Waals surface area contributed by atoms with Crippen LogP contribution in [0.2, 0.25) is 0 Å². The van der Waals surface area contributed by atoms with E-state index in [1.54, 1.807) is 6.92 Å². The van der Waals surface area contributed by atoms with Crippen LogP contribution in [0.1, 0.15) is 26.2 Å². The van der Waals surface area contributed by atoms with Gasteiger partial charge in [-0.2, -0.15) is 4.72 Å². The van der Waals surface area contributed by atoms with Crippen molar-refractivity contribution in [2.24, 2.45) is 11.8 Å². The molecule has 2 rings (SSSR count). The van der Waals surface area contributed by atoms with Crippen LogP contribution in [0.25, 0.3) is 0 Å². The molecule has 0 spiro atoms. The van der Waals surface area contributed by atoms with Crippen LogP contribution >= 0.6 is 0 Å². The molecule has 94 valence electrons. The van der Waals surface area contributed by atoms with Crippen molar-refractivity contribution in [2.75, 3.05) is 0 Å². The molecule has 16 heavy (non-hydrogen) atoms. The Labute approximate surface area is 93.1 Å². The third-order valence-electron chi connectivity index (χ3n) is 3.50. The minimum absolute atomic E-state index is 0.179. The van der Waals surface area contributed by atoms with Crippen molar-refractivity contribution in [1.29, 1.82) is 0 Å². The first-order chi connectivity index (χ1) is 7.27. The van der Waals surface area contributed by atoms with Crippen molar-refractivity contribution in [3.8, 4) is 0 Å². The summed E-state index contributed by atoms with van der Waals surface area (Å²) in [7, 11) is -3.58. The van der Waals surface area contributed by atoms with Crippen LogP contribution < -0.4 is 4.72 Å². The lowest BCUT2D eigenvalue weighted by atomic mass is 10.3. The van der Waals surface area contributed by atoms with Gasteiger partial charge in [-0.25, -0.2) is 17.2 Å². The van der Waals surface area contributed by atoms with Gasteiger partial charge in [0.05, 0.1) is 4.75 Å². The quantitative estimate of drug-likeness (QED) is 0.710. The monoisotopic (exact) mass is 255 g/mol. The normalized spacial score (nSPS) is 33.8. The lowest BCUT2D eigenvalue weighted by Crippen LogP contribution is -2.42. The minimum atomic E-state index is -3.58. The number of sulfonamides is 1. The number of nitrogens with one attached hydrogen (secondary N) is 1. The molecule has 2 fully saturated rings. The van der Waals surface area contributed by atoms with Crippen molar-refractivity contribution < 1.29 is 22.3 Å². The van der Waals surface area contributed by atoms with Gasteiger partial charge in [-0.3, -0.25) is 0 Å². The number of aliphatic hydroxyl groups is 1. The number of alkyl halides is 2. The molecule has 3 atom stereocenters. The highest BCUT2D eigenvalue weighted by atomic mass is 32.2. The Morgan fingerprint density at radius 3 is 2.31 bits per heavy atom. The maximum absolute atomic E-state index is 12.2. The fourth-order valence-corrected chi connectivity index (χ4v) is 3.14. The highest BCUT2D eigenvalue weighted by Crippen LogP contribution is 2.46. The molecule has 0 aromatic heterocycles. The predicted molar refractivity (Wildman–Crippen MR) is 53.3 cm³/mol. The first-order valence-electron chi connectivity index (χ1n) is 5.25. The zero-order valence-electron chi connectivity index (χ0n) is 8.86. The van der Waals surface area contributed by atoms with E-state index in [1.165, 1.54) is 0 Å². The highest BCUT2D eigenvalue weighted by Gasteiger charge is 2.54. The van der Waals surface area contributed by atoms with Gasteiger partial charge in [0, 0.05) is 11.8 Å². The van der Waals surface area contributed by atoms with Crippen LogP contribution in [-0.4, -0.2) is 30.9 Å². The number of aliphatic hydroxyl groups excluding tert-OH is 1. The molecule has 0 amide bonds. The number of halogens is 2. The molecule has 2 N–H and O–H groups in total. The molecular weight excluding hydrogens is 240 g/mol. The topological polar surface area (TPSA) is 66.4 Å². The van der Waals surface area contributed by atoms with Crippen LogP contribution in [0, 0.1) is 11.8 Å². The molecule has 1 unspecified atom stereocenters. The van der Waals surface area contributed by atoms with Crippen LogP contribution in [0.5, 0.6) is 0 Å². The minimum Gasteiger partial charge on any atom is -0.377 e. The van der Waals surface area contributed by atoms with E-state index < -0.39 is 39.3 Å². The molecule has 0 aromatic rings. The zero-order valence-corrected chi connectivity index (χ0v) is 9.68. The van der Waals surface area contributed by atoms with Crippen molar-refractivity contribution in [2.45, 2.75) is 43.6 Å². The first kappa shape index (κ1) is 12.2. The average Bonchev–Trinajstić information content (AvgIpc) is 2.93. The Kier molecular flexibility index (Phi) is 2.75. The van der Waals surface area contributed by atoms with Gasteiger partial charge in [0.1, 0.15) is 6.23 Å². The van der Waals surface area contributed by atoms with E-state index >= 15 is 0 Å². The molecule has 4 nitrogen and oxygen atoms in total. The summed E-state index contributed by atoms with van der Waals surface area (Å²) in [5.74, 6) is -1.51. The summed E-state index contributed by atoms with van der Waals surface area (Å²) in [5, 5.41) is 9.51. The summed E-state index contributed by atoms with van der Waals surface area (Å²) in [6.45, 7) is 1.58. The zero-order chi connectivity index (χ0) is 12.1. The molecule has 0 aromatic carbocycles. The third kappa shape index (κ3) is 2.08. The standard InChI is InChI=1S/C9H15F2NO3S/c1-9(2-3-9)16(14,15)12-8(13)6-4-5(6)7(10)11/h5-8,12-13H,2-4H2,1H3/t5-,6+,8?/m1/s1. The Balaban J connectivity index is 1.92. The molecule has 0 bridgehead atoms. The van der Waals surface area contributed by atoms with E-state index in [4.69, 9.17) is 0 Å². The Morgan fingerprint density at radius 2 is 1.94 bits per heavy atom. The predicted octanol–water partition coefficient (Wildman–Crippen LogP) is 0.678. The van der Waals surface area contributed by atoms with Gasteiger partial charge in [-0.1, -0.05) is 0 Å². The van der Waals surface area contributed by atoms with Gasteiger partial charge in [0.25, 0.3) is 0 Å². The van der Waals surface area contributed by atoms with Gasteiger partial charge in [-0.05, 0) is 26.2 Å². The average molecular weight is 255 g/mol. The second-order valence-electron chi connectivity index (χ2n) is 4.91. The second-order valence-corrected chi connectivity index (χ2v) is 7.14. The van der Waals surface area contributed by atoms with Crippen molar-refractivity contribution >= 4 is 10.0 Å². The summed E-state index contributed by atoms with van der Waals surface area (Å²) in [4.78, 5) is 0. The summed E-state index contributed by atoms with van der Waals surface area (Å²) >= 11 is 0. The molecule has 0 saturated heterocycles. The lowest BCUT2D eigenvalue weighted by molar-refractivity contribution is 0.0807. The summed E-state index contributed by atoms with van der Waals surface area (Å²) in [5.41, 5.74) is 0. The maximum Gasteiger partial charge on any atom is 0.241 e. The molecule has 7 heteroatoms. The van der Waals surface area contributed by atoms with E-state index in [2.05, 4.69) is 4.72 Å². The van der Waals surface area contributed by atoms with Crippen molar-refractivity contribution in [1.82, 2.24) is 4.72 Å². The van der Waals surface area contributed by atoms with Gasteiger partial charge < -0.3 is 5.11 Å². The van der Waals surface area contributed by atoms with E-state index in [-0.39, 0.29) is 6.42 Å². The van der Waals surface area contributed by atoms with E-state index in [9.17, 15) is 22.3 Å². The summed E-state index contributed by atoms with van der Waals surface area (Å²) < 4.78 is 49.1. The second kappa shape index (κ2) is 3.61. The smallest absolute Gasteiger partial charge is 0.241 e. The van der Waals surface area contributed by atoms with Crippen LogP contribution in [0.4, 0.5) is 8.78 Å². The van der Waals surface area contributed by atoms with Crippen LogP contribution in [0.3, 0.4) is 0 Å². The fraction of sp³-hybridized carbons (Fsp3) is 1.00. The molecule has 2 saturated carbocycles. The van der Waals surface area contributed by atoms with Gasteiger partial charge in [0.2, 0.25) is 16.4 Å². The lowest BCUT2D eigenvalue weighted by Gasteiger charge is -2.16. The Hall–Kier alpha value is -0.270. The largest absolute Gasteiger partial charge is 0.377 e. The third-order valence-corrected chi connectivity index (χ3v) is 5.76. The summed E-state index contributed by atoms with van der Waals surface area (Å²) in [6.07, 6.45) is -2.57. The number of hydrogen-bond donors (Lipinski definition) is 2. The fourth-order valence-electron chi connectivity index (χ4n) is 1.72. The van der Waals surface area contributed by atoms with E-state index in [0.29, 0.717) is 12.8 Å². The molecule has 0 radical (unpaired) electrons. The van der Waals surface area contributed by atoms with E-state index in [0.717, 1.165) is 0 Å². The van der Waals surface area contributed by atoms with Crippen LogP contribution in [0.15, 0.2) is 0 Å². The SMILES string of the molecule is CC1(S(=O)(=O)NC(O)[C@H]2C[C@H]2C(F)F)CC1. The maximum atomic E-state index is 12.2. The highest BCUT2D eigenvalue weighted by molar-refractivity contribution is 7.91. The van der Waals surface area contributed by atoms with Crippen molar-refractivity contribution in [3.63, 3.8) is 0 Å². The van der Waals surface area contributed by atoms with Crippen molar-refractivity contribution in [3.05, 3.63) is 0 Å². The molecule has 2 aliphatic rings. The Bertz CT molecular complexity index is 380. The number of hydrogen-bond acceptors (Lipinski definition) is 3. The number of rotatable bonds is 5. The molecular formula is C9H15F2NO3S. The van der Waals surface area contributed by atoms with Crippen LogP contribution in [-0.2, 0) is 10.0 Å². The molecule has 0 heterocycles. The van der Waals surface area contributed by atoms with Gasteiger partial charge >= 0.3 is 0 Å². The van der Waals surface area contributed by atoms with Gasteiger partial charge in [-0.15, -0.1) is 0 Å². The molecule has 0 aliphatic heterocycles. The van der Waals surface area contributed by atoms with E-state index in [1.807, 2.05) is 0 Å². The molecule has 2 aliphatic carbocycles. The Morgan fingerprint density at radius 1 is 1.38 bits per heavy atom. The summed E-state index contributed by atoms with van der Waals surface area (Å²) in [6, 6.07) is 0.